The zero-order valence-corrected chi connectivity index (χ0v) is 11.7. The van der Waals surface area contributed by atoms with E-state index in [9.17, 15) is 0 Å². The number of hydrogen-bond acceptors (Lipinski definition) is 2. The van der Waals surface area contributed by atoms with Gasteiger partial charge in [0.05, 0.1) is 11.9 Å². The first-order valence-electron chi connectivity index (χ1n) is 7.24. The van der Waals surface area contributed by atoms with Crippen molar-refractivity contribution in [2.45, 2.75) is 39.0 Å². The summed E-state index contributed by atoms with van der Waals surface area (Å²) in [5.41, 5.74) is 2.24. The molecule has 2 N–H and O–H groups in total. The van der Waals surface area contributed by atoms with E-state index in [1.165, 1.54) is 37.7 Å². The quantitative estimate of drug-likeness (QED) is 0.685. The van der Waals surface area contributed by atoms with Crippen LogP contribution in [0.25, 0.3) is 11.3 Å². The molecule has 0 fully saturated rings. The zero-order valence-electron chi connectivity index (χ0n) is 11.7. The summed E-state index contributed by atoms with van der Waals surface area (Å²) in [6.45, 7) is 3.23. The minimum absolute atomic E-state index is 0.870. The fraction of sp³-hybridized carbons (Fsp3) is 0.438. The lowest BCUT2D eigenvalue weighted by Crippen LogP contribution is -2.02. The molecule has 3 heteroatoms. The Labute approximate surface area is 115 Å². The predicted molar refractivity (Wildman–Crippen MR) is 81.3 cm³/mol. The predicted octanol–water partition coefficient (Wildman–Crippen LogP) is 4.46. The molecule has 0 aliphatic carbocycles. The highest BCUT2D eigenvalue weighted by atomic mass is 15.1. The van der Waals surface area contributed by atoms with E-state index in [-0.39, 0.29) is 0 Å². The van der Waals surface area contributed by atoms with Crippen LogP contribution in [0.3, 0.4) is 0 Å². The number of nitrogens with one attached hydrogen (secondary N) is 2. The van der Waals surface area contributed by atoms with Gasteiger partial charge in [0.15, 0.2) is 0 Å². The van der Waals surface area contributed by atoms with Crippen molar-refractivity contribution in [1.82, 2.24) is 9.97 Å². The number of aromatic nitrogens is 2. The minimum atomic E-state index is 0.870. The summed E-state index contributed by atoms with van der Waals surface area (Å²) in [6.07, 6.45) is 8.37. The Morgan fingerprint density at radius 2 is 1.84 bits per heavy atom. The highest BCUT2D eigenvalue weighted by Crippen LogP contribution is 2.17. The van der Waals surface area contributed by atoms with Gasteiger partial charge in [0.1, 0.15) is 0 Å². The van der Waals surface area contributed by atoms with Crippen LogP contribution in [-0.4, -0.2) is 16.5 Å². The summed E-state index contributed by atoms with van der Waals surface area (Å²) in [7, 11) is 0. The van der Waals surface area contributed by atoms with Crippen molar-refractivity contribution >= 4 is 5.95 Å². The van der Waals surface area contributed by atoms with E-state index in [4.69, 9.17) is 0 Å². The molecule has 19 heavy (non-hydrogen) atoms. The average molecular weight is 257 g/mol. The molecule has 102 valence electrons. The second-order valence-corrected chi connectivity index (χ2v) is 4.85. The third kappa shape index (κ3) is 4.43. The highest BCUT2D eigenvalue weighted by molar-refractivity contribution is 5.59. The van der Waals surface area contributed by atoms with E-state index in [2.05, 4.69) is 34.3 Å². The Morgan fingerprint density at radius 3 is 2.63 bits per heavy atom. The van der Waals surface area contributed by atoms with Crippen molar-refractivity contribution < 1.29 is 0 Å². The molecule has 0 saturated heterocycles. The standard InChI is InChI=1S/C16H23N3/c1-2-3-4-5-9-12-17-16-18-13-15(19-16)14-10-7-6-8-11-14/h6-8,10-11,13H,2-5,9,12H2,1H3,(H2,17,18,19). The number of nitrogens with zero attached hydrogens (tertiary/aromatic N) is 1. The van der Waals surface area contributed by atoms with Crippen molar-refractivity contribution in [3.63, 3.8) is 0 Å². The molecule has 2 aromatic rings. The second-order valence-electron chi connectivity index (χ2n) is 4.85. The number of imidazole rings is 1. The normalized spacial score (nSPS) is 10.6. The van der Waals surface area contributed by atoms with Crippen molar-refractivity contribution in [1.29, 1.82) is 0 Å². The van der Waals surface area contributed by atoms with Gasteiger partial charge < -0.3 is 10.3 Å². The van der Waals surface area contributed by atoms with Gasteiger partial charge in [-0.1, -0.05) is 62.9 Å². The van der Waals surface area contributed by atoms with Crippen molar-refractivity contribution in [3.05, 3.63) is 36.5 Å². The first kappa shape index (κ1) is 13.7. The first-order valence-corrected chi connectivity index (χ1v) is 7.24. The molecule has 0 spiro atoms. The number of anilines is 1. The monoisotopic (exact) mass is 257 g/mol. The molecule has 3 nitrogen and oxygen atoms in total. The molecule has 0 saturated carbocycles. The topological polar surface area (TPSA) is 40.7 Å². The smallest absolute Gasteiger partial charge is 0.200 e. The van der Waals surface area contributed by atoms with Crippen molar-refractivity contribution in [3.8, 4) is 11.3 Å². The maximum absolute atomic E-state index is 4.36. The lowest BCUT2D eigenvalue weighted by Gasteiger charge is -2.02. The third-order valence-electron chi connectivity index (χ3n) is 3.23. The fourth-order valence-electron chi connectivity index (χ4n) is 2.11. The van der Waals surface area contributed by atoms with Crippen LogP contribution in [0.1, 0.15) is 39.0 Å². The number of rotatable bonds is 8. The molecule has 2 rings (SSSR count). The zero-order chi connectivity index (χ0) is 13.3. The van der Waals surface area contributed by atoms with Crippen LogP contribution in [0.5, 0.6) is 0 Å². The molecule has 0 bridgehead atoms. The molecule has 0 aliphatic heterocycles. The summed E-state index contributed by atoms with van der Waals surface area (Å²) in [5.74, 6) is 0.870. The molecule has 0 radical (unpaired) electrons. The highest BCUT2D eigenvalue weighted by Gasteiger charge is 2.01. The molecule has 0 aliphatic rings. The van der Waals surface area contributed by atoms with Crippen LogP contribution in [-0.2, 0) is 0 Å². The minimum Gasteiger partial charge on any atom is -0.356 e. The van der Waals surface area contributed by atoms with Crippen molar-refractivity contribution in [2.75, 3.05) is 11.9 Å². The van der Waals surface area contributed by atoms with E-state index < -0.39 is 0 Å². The van der Waals surface area contributed by atoms with E-state index in [0.717, 1.165) is 18.2 Å². The summed E-state index contributed by atoms with van der Waals surface area (Å²) in [6, 6.07) is 10.3. The van der Waals surface area contributed by atoms with Crippen LogP contribution in [0.2, 0.25) is 0 Å². The Kier molecular flexibility index (Phi) is 5.48. The summed E-state index contributed by atoms with van der Waals surface area (Å²) in [4.78, 5) is 7.67. The van der Waals surface area contributed by atoms with Gasteiger partial charge in [-0.05, 0) is 12.0 Å². The van der Waals surface area contributed by atoms with Gasteiger partial charge in [-0.3, -0.25) is 0 Å². The summed E-state index contributed by atoms with van der Waals surface area (Å²) < 4.78 is 0. The number of benzene rings is 1. The first-order chi connectivity index (χ1) is 9.40. The molecule has 1 aromatic heterocycles. The summed E-state index contributed by atoms with van der Waals surface area (Å²) in [5, 5.41) is 3.35. The van der Waals surface area contributed by atoms with Crippen LogP contribution >= 0.6 is 0 Å². The van der Waals surface area contributed by atoms with Gasteiger partial charge in [0.25, 0.3) is 0 Å². The Hall–Kier alpha value is -1.77. The third-order valence-corrected chi connectivity index (χ3v) is 3.23. The van der Waals surface area contributed by atoms with Gasteiger partial charge >= 0.3 is 0 Å². The molecule has 1 heterocycles. The van der Waals surface area contributed by atoms with Crippen molar-refractivity contribution in [2.24, 2.45) is 0 Å². The summed E-state index contributed by atoms with van der Waals surface area (Å²) >= 11 is 0. The van der Waals surface area contributed by atoms with E-state index in [1.807, 2.05) is 24.4 Å². The average Bonchev–Trinajstić information content (AvgIpc) is 2.92. The molecule has 0 atom stereocenters. The van der Waals surface area contributed by atoms with Gasteiger partial charge in [-0.15, -0.1) is 0 Å². The van der Waals surface area contributed by atoms with E-state index in [1.54, 1.807) is 0 Å². The van der Waals surface area contributed by atoms with E-state index >= 15 is 0 Å². The molecular formula is C16H23N3. The number of unbranched alkanes of at least 4 members (excludes halogenated alkanes) is 4. The van der Waals surface area contributed by atoms with Crippen LogP contribution in [0, 0.1) is 0 Å². The number of aromatic amines is 1. The molecule has 0 amide bonds. The maximum atomic E-state index is 4.36. The van der Waals surface area contributed by atoms with E-state index in [0.29, 0.717) is 0 Å². The van der Waals surface area contributed by atoms with Gasteiger partial charge in [0, 0.05) is 6.54 Å². The Balaban J connectivity index is 1.75. The van der Waals surface area contributed by atoms with Gasteiger partial charge in [0.2, 0.25) is 5.95 Å². The second kappa shape index (κ2) is 7.62. The van der Waals surface area contributed by atoms with Crippen LogP contribution in [0.4, 0.5) is 5.95 Å². The largest absolute Gasteiger partial charge is 0.356 e. The molecule has 0 unspecified atom stereocenters. The Morgan fingerprint density at radius 1 is 1.05 bits per heavy atom. The van der Waals surface area contributed by atoms with Crippen LogP contribution in [0.15, 0.2) is 36.5 Å². The number of H-pyrrole nitrogens is 1. The Bertz CT molecular complexity index is 462. The lowest BCUT2D eigenvalue weighted by molar-refractivity contribution is 0.644. The number of hydrogen-bond donors (Lipinski definition) is 2. The molecular weight excluding hydrogens is 234 g/mol. The fourth-order valence-corrected chi connectivity index (χ4v) is 2.11. The van der Waals surface area contributed by atoms with Gasteiger partial charge in [-0.25, -0.2) is 4.98 Å². The maximum Gasteiger partial charge on any atom is 0.200 e. The molecule has 1 aromatic carbocycles. The lowest BCUT2D eigenvalue weighted by atomic mass is 10.1. The van der Waals surface area contributed by atoms with Crippen LogP contribution < -0.4 is 5.32 Å². The van der Waals surface area contributed by atoms with Gasteiger partial charge in [-0.2, -0.15) is 0 Å². The SMILES string of the molecule is CCCCCCCNc1ncc(-c2ccccc2)[nH]1.